The Balaban J connectivity index is 1.31. The van der Waals surface area contributed by atoms with Gasteiger partial charge in [0.1, 0.15) is 0 Å². The number of pyridine rings is 1. The molecule has 5 aliphatic rings. The summed E-state index contributed by atoms with van der Waals surface area (Å²) >= 11 is 0. The second kappa shape index (κ2) is 6.99. The predicted octanol–water partition coefficient (Wildman–Crippen LogP) is 4.48. The van der Waals surface area contributed by atoms with Gasteiger partial charge in [-0.05, 0) is 86.0 Å². The molecular formula is C26H33N3O3. The van der Waals surface area contributed by atoms with E-state index in [1.165, 1.54) is 16.2 Å². The van der Waals surface area contributed by atoms with Crippen molar-refractivity contribution in [3.8, 4) is 0 Å². The van der Waals surface area contributed by atoms with Crippen molar-refractivity contribution < 1.29 is 14.7 Å². The van der Waals surface area contributed by atoms with Gasteiger partial charge in [-0.15, -0.1) is 0 Å². The number of carbonyl (C=O) groups is 1. The van der Waals surface area contributed by atoms with Crippen molar-refractivity contribution in [3.05, 3.63) is 47.8 Å². The molecule has 170 valence electrons. The molecule has 6 heteroatoms. The Kier molecular flexibility index (Phi) is 4.49. The third-order valence-electron chi connectivity index (χ3n) is 9.43. The number of carbonyl (C=O) groups excluding carboxylic acids is 1. The summed E-state index contributed by atoms with van der Waals surface area (Å²) in [6.07, 6.45) is 15.9. The van der Waals surface area contributed by atoms with Gasteiger partial charge in [0, 0.05) is 25.2 Å². The highest BCUT2D eigenvalue weighted by atomic mass is 16.5. The monoisotopic (exact) mass is 435 g/mol. The number of fused-ring (bicyclic) bond motifs is 1. The quantitative estimate of drug-likeness (QED) is 0.685. The normalized spacial score (nSPS) is 41.9. The lowest BCUT2D eigenvalue weighted by Crippen LogP contribution is -2.55. The Labute approximate surface area is 189 Å². The number of nitrogens with zero attached hydrogens (tertiary/aromatic N) is 2. The van der Waals surface area contributed by atoms with Crippen LogP contribution in [-0.2, 0) is 9.53 Å². The maximum absolute atomic E-state index is 13.3. The summed E-state index contributed by atoms with van der Waals surface area (Å²) < 4.78 is 7.17. The van der Waals surface area contributed by atoms with Crippen LogP contribution in [0.5, 0.6) is 0 Å². The first-order valence-corrected chi connectivity index (χ1v) is 12.1. The van der Waals surface area contributed by atoms with Gasteiger partial charge < -0.3 is 15.3 Å². The van der Waals surface area contributed by atoms with E-state index < -0.39 is 0 Å². The van der Waals surface area contributed by atoms with E-state index in [1.54, 1.807) is 19.4 Å². The Morgan fingerprint density at radius 3 is 2.97 bits per heavy atom. The van der Waals surface area contributed by atoms with Gasteiger partial charge in [-0.3, -0.25) is 9.78 Å². The molecule has 1 saturated heterocycles. The lowest BCUT2D eigenvalue weighted by Gasteiger charge is -2.54. The number of hydrogen-bond acceptors (Lipinski definition) is 5. The van der Waals surface area contributed by atoms with Crippen LogP contribution in [0.2, 0.25) is 0 Å². The van der Waals surface area contributed by atoms with E-state index in [1.807, 2.05) is 12.1 Å². The van der Waals surface area contributed by atoms with Crippen molar-refractivity contribution in [1.82, 2.24) is 10.0 Å². The number of rotatable bonds is 3. The standard InChI is InChI=1S/C26H33N3O3/c1-24-10-9-18-14-17-5-6-20(29(2)31)15-25(17)11-12-26(18,32-25)22(24)8-7-21(24)23(30)28-19-4-3-13-27-16-19/h3-4,9,13-14,16,20-22,31H,5-8,10-12,15H2,1-2H3,(H,28,30)/t20-,21+,22+,24+,25+,26+/m0/s1. The van der Waals surface area contributed by atoms with Gasteiger partial charge >= 0.3 is 0 Å². The molecule has 6 rings (SSSR count). The molecule has 2 saturated carbocycles. The van der Waals surface area contributed by atoms with Crippen molar-refractivity contribution >= 4 is 11.6 Å². The number of ether oxygens (including phenoxy) is 1. The van der Waals surface area contributed by atoms with Gasteiger partial charge in [-0.25, -0.2) is 0 Å². The number of aromatic nitrogens is 1. The molecule has 2 N–H and O–H groups in total. The number of anilines is 1. The first kappa shape index (κ1) is 20.6. The molecule has 2 aliphatic heterocycles. The summed E-state index contributed by atoms with van der Waals surface area (Å²) in [4.78, 5) is 17.5. The van der Waals surface area contributed by atoms with Crippen LogP contribution in [0.15, 0.2) is 47.8 Å². The zero-order valence-corrected chi connectivity index (χ0v) is 19.0. The highest BCUT2D eigenvalue weighted by Gasteiger charge is 2.67. The van der Waals surface area contributed by atoms with E-state index in [2.05, 4.69) is 29.4 Å². The number of amides is 1. The van der Waals surface area contributed by atoms with E-state index in [0.29, 0.717) is 5.92 Å². The van der Waals surface area contributed by atoms with Crippen LogP contribution >= 0.6 is 0 Å². The maximum Gasteiger partial charge on any atom is 0.228 e. The maximum atomic E-state index is 13.3. The highest BCUT2D eigenvalue weighted by molar-refractivity contribution is 5.93. The summed E-state index contributed by atoms with van der Waals surface area (Å²) in [7, 11) is 1.76. The summed E-state index contributed by atoms with van der Waals surface area (Å²) in [5.74, 6) is 0.410. The van der Waals surface area contributed by atoms with E-state index in [4.69, 9.17) is 4.74 Å². The molecule has 1 aromatic rings. The fourth-order valence-electron chi connectivity index (χ4n) is 7.80. The molecule has 1 amide bonds. The van der Waals surface area contributed by atoms with E-state index in [0.717, 1.165) is 57.1 Å². The van der Waals surface area contributed by atoms with Crippen LogP contribution in [0, 0.1) is 17.3 Å². The lowest BCUT2D eigenvalue weighted by atomic mass is 9.58. The molecule has 6 nitrogen and oxygen atoms in total. The Morgan fingerprint density at radius 1 is 1.31 bits per heavy atom. The molecule has 2 bridgehead atoms. The Morgan fingerprint density at radius 2 is 2.19 bits per heavy atom. The molecule has 0 radical (unpaired) electrons. The summed E-state index contributed by atoms with van der Waals surface area (Å²) in [6.45, 7) is 2.30. The van der Waals surface area contributed by atoms with Crippen LogP contribution in [-0.4, -0.2) is 45.5 Å². The van der Waals surface area contributed by atoms with Crippen LogP contribution in [0.25, 0.3) is 0 Å². The third-order valence-corrected chi connectivity index (χ3v) is 9.43. The van der Waals surface area contributed by atoms with Crippen LogP contribution < -0.4 is 5.32 Å². The van der Waals surface area contributed by atoms with Gasteiger partial charge in [0.2, 0.25) is 5.91 Å². The van der Waals surface area contributed by atoms with Crippen LogP contribution in [0.3, 0.4) is 0 Å². The molecular weight excluding hydrogens is 402 g/mol. The third kappa shape index (κ3) is 2.76. The second-order valence-electron chi connectivity index (χ2n) is 10.9. The molecule has 32 heavy (non-hydrogen) atoms. The second-order valence-corrected chi connectivity index (χ2v) is 10.9. The fraction of sp³-hybridized carbons (Fsp3) is 0.615. The van der Waals surface area contributed by atoms with Gasteiger partial charge in [0.05, 0.1) is 23.1 Å². The van der Waals surface area contributed by atoms with Gasteiger partial charge in [-0.2, -0.15) is 5.06 Å². The average molecular weight is 436 g/mol. The molecule has 2 spiro atoms. The van der Waals surface area contributed by atoms with E-state index in [-0.39, 0.29) is 34.5 Å². The minimum absolute atomic E-state index is 0.0342. The fourth-order valence-corrected chi connectivity index (χ4v) is 7.80. The average Bonchev–Trinajstić information content (AvgIpc) is 3.29. The van der Waals surface area contributed by atoms with Crippen molar-refractivity contribution in [3.63, 3.8) is 0 Å². The van der Waals surface area contributed by atoms with Gasteiger partial charge in [-0.1, -0.05) is 19.1 Å². The highest BCUT2D eigenvalue weighted by Crippen LogP contribution is 2.67. The van der Waals surface area contributed by atoms with Crippen LogP contribution in [0.4, 0.5) is 5.69 Å². The van der Waals surface area contributed by atoms with Crippen molar-refractivity contribution in [1.29, 1.82) is 0 Å². The molecule has 3 aliphatic carbocycles. The summed E-state index contributed by atoms with van der Waals surface area (Å²) in [5.41, 5.74) is 2.89. The number of hydrogen-bond donors (Lipinski definition) is 2. The predicted molar refractivity (Wildman–Crippen MR) is 121 cm³/mol. The minimum Gasteiger partial charge on any atom is -0.359 e. The Hall–Kier alpha value is -2.02. The summed E-state index contributed by atoms with van der Waals surface area (Å²) in [5, 5.41) is 14.6. The SMILES string of the molecule is CN(O)[C@H]1CCC2=CC3=CC[C@]4(C)[C@@H](C(=O)Nc5cccnc5)CC[C@H]4[C@@]34CC[C@]2(C1)O4. The number of nitrogens with one attached hydrogen (secondary N) is 1. The molecule has 0 aromatic carbocycles. The molecule has 3 heterocycles. The number of hydroxylamine groups is 2. The summed E-state index contributed by atoms with van der Waals surface area (Å²) in [6, 6.07) is 3.89. The van der Waals surface area contributed by atoms with Crippen molar-refractivity contribution in [2.24, 2.45) is 17.3 Å². The zero-order valence-electron chi connectivity index (χ0n) is 19.0. The molecule has 0 unspecified atom stereocenters. The zero-order chi connectivity index (χ0) is 22.1. The van der Waals surface area contributed by atoms with Crippen molar-refractivity contribution in [2.75, 3.05) is 12.4 Å². The molecule has 3 fully saturated rings. The van der Waals surface area contributed by atoms with Crippen LogP contribution in [0.1, 0.15) is 58.3 Å². The smallest absolute Gasteiger partial charge is 0.228 e. The van der Waals surface area contributed by atoms with Crippen molar-refractivity contribution in [2.45, 2.75) is 75.5 Å². The first-order chi connectivity index (χ1) is 15.4. The van der Waals surface area contributed by atoms with Gasteiger partial charge in [0.15, 0.2) is 0 Å². The molecule has 1 aromatic heterocycles. The Bertz CT molecular complexity index is 1000. The van der Waals surface area contributed by atoms with E-state index >= 15 is 0 Å². The first-order valence-electron chi connectivity index (χ1n) is 12.1. The molecule has 6 atom stereocenters. The number of allylic oxidation sites excluding steroid dienone is 1. The topological polar surface area (TPSA) is 74.7 Å². The van der Waals surface area contributed by atoms with E-state index in [9.17, 15) is 10.0 Å². The largest absolute Gasteiger partial charge is 0.359 e. The van der Waals surface area contributed by atoms with Gasteiger partial charge in [0.25, 0.3) is 0 Å². The lowest BCUT2D eigenvalue weighted by molar-refractivity contribution is -0.169. The minimum atomic E-state index is -0.282.